The van der Waals surface area contributed by atoms with Crippen LogP contribution in [-0.4, -0.2) is 79.2 Å². The lowest BCUT2D eigenvalue weighted by Gasteiger charge is -2.30. The van der Waals surface area contributed by atoms with Gasteiger partial charge in [-0.2, -0.15) is 0 Å². The molecule has 0 amide bonds. The molecule has 0 fully saturated rings. The number of aliphatic hydroxyl groups excluding tert-OH is 4. The van der Waals surface area contributed by atoms with Crippen LogP contribution in [0.4, 0.5) is 5.69 Å². The molecule has 0 aliphatic carbocycles. The lowest BCUT2D eigenvalue weighted by Crippen LogP contribution is -2.56. The number of hydroxylamine groups is 1. The van der Waals surface area contributed by atoms with Crippen LogP contribution >= 0.6 is 0 Å². The number of carbonyl (C=O) groups excluding carboxylic acids is 1. The molecule has 7 N–H and O–H groups in total. The summed E-state index contributed by atoms with van der Waals surface area (Å²) in [5, 5.41) is 61.2. The van der Waals surface area contributed by atoms with Crippen molar-refractivity contribution in [1.29, 1.82) is 0 Å². The van der Waals surface area contributed by atoms with Crippen molar-refractivity contribution in [3.05, 3.63) is 30.3 Å². The Hall–Kier alpha value is -2.08. The molecule has 23 heavy (non-hydrogen) atoms. The molecule has 0 heterocycles. The fourth-order valence-corrected chi connectivity index (χ4v) is 1.21. The van der Waals surface area contributed by atoms with Crippen LogP contribution in [0.3, 0.4) is 0 Å². The summed E-state index contributed by atoms with van der Waals surface area (Å²) in [6.07, 6.45) is -2.63. The Morgan fingerprint density at radius 2 is 1.74 bits per heavy atom. The summed E-state index contributed by atoms with van der Waals surface area (Å²) in [4.78, 5) is 20.2. The Bertz CT molecular complexity index is 484. The fourth-order valence-electron chi connectivity index (χ4n) is 1.21. The van der Waals surface area contributed by atoms with Gasteiger partial charge in [0.25, 0.3) is 5.72 Å². The van der Waals surface area contributed by atoms with E-state index >= 15 is 0 Å². The minimum atomic E-state index is -2.73. The van der Waals surface area contributed by atoms with Gasteiger partial charge in [0.05, 0.1) is 12.3 Å². The number of carboxylic acid groups (broad SMARTS) is 1. The van der Waals surface area contributed by atoms with Crippen LogP contribution in [0, 0.1) is 0 Å². The fraction of sp³-hybridized carbons (Fsp3) is 0.385. The number of carbonyl (C=O) groups is 2. The molecule has 1 aromatic rings. The van der Waals surface area contributed by atoms with Crippen molar-refractivity contribution in [2.45, 2.75) is 17.9 Å². The van der Waals surface area contributed by atoms with Crippen molar-refractivity contribution in [3.8, 4) is 0 Å². The van der Waals surface area contributed by atoms with Crippen molar-refractivity contribution in [2.75, 3.05) is 18.3 Å². The highest BCUT2D eigenvalue weighted by Gasteiger charge is 2.42. The normalized spacial score (nSPS) is 15.4. The number of hydrogen-bond donors (Lipinski definition) is 7. The van der Waals surface area contributed by atoms with E-state index in [2.05, 4.69) is 0 Å². The topological polar surface area (TPSA) is 179 Å². The molecule has 10 nitrogen and oxygen atoms in total. The van der Waals surface area contributed by atoms with Crippen LogP contribution in [0.1, 0.15) is 0 Å². The van der Waals surface area contributed by atoms with E-state index < -0.39 is 37.1 Å². The van der Waals surface area contributed by atoms with Crippen LogP contribution in [0.2, 0.25) is 0 Å². The van der Waals surface area contributed by atoms with Gasteiger partial charge in [0.2, 0.25) is 0 Å². The highest BCUT2D eigenvalue weighted by Crippen LogP contribution is 2.19. The number of carboxylic acids is 1. The maximum Gasteiger partial charge on any atom is 0.362 e. The molecular formula is C13H19NO9. The SMILES string of the molecule is O=C(O)C(O)(CO)N(O)c1ccccc1.O=CC(O)C(O)CO. The number of aliphatic hydroxyl groups is 5. The van der Waals surface area contributed by atoms with E-state index in [0.29, 0.717) is 0 Å². The highest BCUT2D eigenvalue weighted by molar-refractivity contribution is 5.80. The smallest absolute Gasteiger partial charge is 0.362 e. The summed E-state index contributed by atoms with van der Waals surface area (Å²) in [5.41, 5.74) is -2.67. The summed E-state index contributed by atoms with van der Waals surface area (Å²) in [5.74, 6) is -1.74. The van der Waals surface area contributed by atoms with Crippen LogP contribution in [0.15, 0.2) is 30.3 Å². The molecule has 0 bridgehead atoms. The van der Waals surface area contributed by atoms with Gasteiger partial charge in [0.15, 0.2) is 6.29 Å². The van der Waals surface area contributed by atoms with Gasteiger partial charge < -0.3 is 35.4 Å². The minimum absolute atomic E-state index is 0.0662. The molecule has 10 heteroatoms. The molecule has 0 saturated heterocycles. The second-order valence-corrected chi connectivity index (χ2v) is 4.30. The number of benzene rings is 1. The molecule has 0 aromatic heterocycles. The van der Waals surface area contributed by atoms with Gasteiger partial charge in [-0.1, -0.05) is 18.2 Å². The van der Waals surface area contributed by atoms with Gasteiger partial charge in [-0.15, -0.1) is 0 Å². The predicted octanol–water partition coefficient (Wildman–Crippen LogP) is -2.45. The third-order valence-corrected chi connectivity index (χ3v) is 2.63. The average molecular weight is 333 g/mol. The van der Waals surface area contributed by atoms with E-state index in [9.17, 15) is 19.9 Å². The third-order valence-electron chi connectivity index (χ3n) is 2.63. The molecule has 1 aromatic carbocycles. The van der Waals surface area contributed by atoms with Crippen molar-refractivity contribution < 1.29 is 45.4 Å². The molecular weight excluding hydrogens is 314 g/mol. The quantitative estimate of drug-likeness (QED) is 0.161. The van der Waals surface area contributed by atoms with Crippen molar-refractivity contribution in [2.24, 2.45) is 0 Å². The van der Waals surface area contributed by atoms with Crippen LogP contribution in [0.5, 0.6) is 0 Å². The summed E-state index contributed by atoms with van der Waals surface area (Å²) >= 11 is 0. The van der Waals surface area contributed by atoms with Crippen molar-refractivity contribution >= 4 is 17.9 Å². The Morgan fingerprint density at radius 1 is 1.22 bits per heavy atom. The standard InChI is InChI=1S/C9H11NO5.C4H8O4/c11-6-9(14,8(12)13)10(15)7-4-2-1-3-5-7;5-1-3(7)4(8)2-6/h1-5,11,14-15H,6H2,(H,12,13);1,3-4,6-8H,2H2. The lowest BCUT2D eigenvalue weighted by molar-refractivity contribution is -0.171. The van der Waals surface area contributed by atoms with Gasteiger partial charge in [-0.25, -0.2) is 9.86 Å². The summed E-state index contributed by atoms with van der Waals surface area (Å²) in [6.45, 7) is -1.73. The van der Waals surface area contributed by atoms with Crippen molar-refractivity contribution in [3.63, 3.8) is 0 Å². The summed E-state index contributed by atoms with van der Waals surface area (Å²) in [6, 6.07) is 7.56. The Balaban J connectivity index is 0.000000515. The minimum Gasteiger partial charge on any atom is -0.478 e. The Kier molecular flexibility index (Phi) is 8.95. The first-order valence-corrected chi connectivity index (χ1v) is 6.27. The second kappa shape index (κ2) is 9.84. The first-order chi connectivity index (χ1) is 10.7. The molecule has 0 aliphatic rings. The molecule has 0 radical (unpaired) electrons. The second-order valence-electron chi connectivity index (χ2n) is 4.30. The molecule has 0 aliphatic heterocycles. The molecule has 0 spiro atoms. The van der Waals surface area contributed by atoms with Crippen LogP contribution in [0.25, 0.3) is 0 Å². The zero-order chi connectivity index (χ0) is 18.0. The largest absolute Gasteiger partial charge is 0.478 e. The zero-order valence-electron chi connectivity index (χ0n) is 11.9. The maximum absolute atomic E-state index is 10.7. The number of aliphatic carboxylic acids is 1. The predicted molar refractivity (Wildman–Crippen MR) is 75.5 cm³/mol. The number of aldehydes is 1. The zero-order valence-corrected chi connectivity index (χ0v) is 11.9. The van der Waals surface area contributed by atoms with Crippen molar-refractivity contribution in [1.82, 2.24) is 0 Å². The Morgan fingerprint density at radius 3 is 2.04 bits per heavy atom. The van der Waals surface area contributed by atoms with Crippen LogP contribution < -0.4 is 5.06 Å². The summed E-state index contributed by atoms with van der Waals surface area (Å²) < 4.78 is 0. The Labute approximate surface area is 131 Å². The van der Waals surface area contributed by atoms with E-state index in [4.69, 9.17) is 25.5 Å². The number of nitrogens with zero attached hydrogens (tertiary/aromatic N) is 1. The van der Waals surface area contributed by atoms with Gasteiger partial charge in [0.1, 0.15) is 18.8 Å². The number of para-hydroxylation sites is 1. The highest BCUT2D eigenvalue weighted by atomic mass is 16.6. The third kappa shape index (κ3) is 5.90. The molecule has 130 valence electrons. The number of rotatable bonds is 7. The first kappa shape index (κ1) is 20.9. The lowest BCUT2D eigenvalue weighted by atomic mass is 10.2. The molecule has 0 saturated carbocycles. The number of anilines is 1. The molecule has 3 atom stereocenters. The monoisotopic (exact) mass is 333 g/mol. The summed E-state index contributed by atoms with van der Waals surface area (Å²) in [7, 11) is 0. The molecule has 1 rings (SSSR count). The van der Waals surface area contributed by atoms with E-state index in [-0.39, 0.29) is 17.0 Å². The van der Waals surface area contributed by atoms with E-state index in [0.717, 1.165) is 0 Å². The van der Waals surface area contributed by atoms with E-state index in [1.807, 2.05) is 0 Å². The van der Waals surface area contributed by atoms with Gasteiger partial charge >= 0.3 is 5.97 Å². The van der Waals surface area contributed by atoms with Crippen LogP contribution in [-0.2, 0) is 9.59 Å². The van der Waals surface area contributed by atoms with Gasteiger partial charge in [0, 0.05) is 0 Å². The van der Waals surface area contributed by atoms with Gasteiger partial charge in [-0.05, 0) is 12.1 Å². The number of hydrogen-bond acceptors (Lipinski definition) is 9. The average Bonchev–Trinajstić information content (AvgIpc) is 2.59. The molecule has 3 unspecified atom stereocenters. The van der Waals surface area contributed by atoms with Gasteiger partial charge in [-0.3, -0.25) is 5.21 Å². The first-order valence-electron chi connectivity index (χ1n) is 6.27. The van der Waals surface area contributed by atoms with E-state index in [1.54, 1.807) is 18.2 Å². The van der Waals surface area contributed by atoms with E-state index in [1.165, 1.54) is 12.1 Å². The maximum atomic E-state index is 10.7.